The van der Waals surface area contributed by atoms with Crippen molar-refractivity contribution >= 4 is 28.2 Å². The average molecular weight is 268 g/mol. The van der Waals surface area contributed by atoms with E-state index < -0.39 is 6.10 Å². The molecule has 0 aliphatic rings. The Bertz CT molecular complexity index is 350. The van der Waals surface area contributed by atoms with Gasteiger partial charge in [-0.3, -0.25) is 0 Å². The summed E-state index contributed by atoms with van der Waals surface area (Å²) in [6, 6.07) is 10.1. The van der Waals surface area contributed by atoms with Crippen molar-refractivity contribution in [3.8, 4) is 0 Å². The van der Waals surface area contributed by atoms with Gasteiger partial charge < -0.3 is 5.11 Å². The van der Waals surface area contributed by atoms with Crippen molar-refractivity contribution < 1.29 is 5.11 Å². The highest BCUT2D eigenvalue weighted by Gasteiger charge is 2.25. The second-order valence-electron chi connectivity index (χ2n) is 4.23. The lowest BCUT2D eigenvalue weighted by molar-refractivity contribution is 0.123. The summed E-state index contributed by atoms with van der Waals surface area (Å²) in [6.07, 6.45) is -0.413. The Labute approximate surface area is 114 Å². The highest BCUT2D eigenvalue weighted by molar-refractivity contribution is 8.23. The highest BCUT2D eigenvalue weighted by Crippen LogP contribution is 2.27. The first-order valence-corrected chi connectivity index (χ1v) is 7.37. The molecule has 3 heteroatoms. The zero-order valence-electron chi connectivity index (χ0n) is 10.6. The van der Waals surface area contributed by atoms with E-state index in [-0.39, 0.29) is 11.8 Å². The molecule has 1 aromatic carbocycles. The summed E-state index contributed by atoms with van der Waals surface area (Å²) in [5, 5.41) is 10.3. The predicted molar refractivity (Wildman–Crippen MR) is 80.8 cm³/mol. The van der Waals surface area contributed by atoms with E-state index >= 15 is 0 Å². The van der Waals surface area contributed by atoms with Crippen molar-refractivity contribution in [2.24, 2.45) is 5.92 Å². The molecule has 0 saturated heterocycles. The van der Waals surface area contributed by atoms with Gasteiger partial charge in [0.15, 0.2) is 0 Å². The third-order valence-corrected chi connectivity index (χ3v) is 4.68. The van der Waals surface area contributed by atoms with Crippen molar-refractivity contribution in [1.29, 1.82) is 0 Å². The van der Waals surface area contributed by atoms with Gasteiger partial charge in [0.25, 0.3) is 0 Å². The Morgan fingerprint density at radius 1 is 1.29 bits per heavy atom. The molecule has 0 heterocycles. The molecule has 0 spiro atoms. The molecule has 1 aromatic rings. The summed E-state index contributed by atoms with van der Waals surface area (Å²) in [6.45, 7) is 6.14. The topological polar surface area (TPSA) is 20.2 Å². The van der Waals surface area contributed by atoms with E-state index in [1.807, 2.05) is 25.1 Å². The van der Waals surface area contributed by atoms with Gasteiger partial charge in [0.05, 0.1) is 10.3 Å². The van der Waals surface area contributed by atoms with Gasteiger partial charge in [-0.25, -0.2) is 0 Å². The van der Waals surface area contributed by atoms with E-state index in [9.17, 15) is 5.11 Å². The van der Waals surface area contributed by atoms with Gasteiger partial charge >= 0.3 is 0 Å². The summed E-state index contributed by atoms with van der Waals surface area (Å²) >= 11 is 6.98. The van der Waals surface area contributed by atoms with Crippen LogP contribution < -0.4 is 0 Å². The molecule has 0 aliphatic heterocycles. The summed E-state index contributed by atoms with van der Waals surface area (Å²) in [5.41, 5.74) is 1.16. The second-order valence-corrected chi connectivity index (χ2v) is 6.23. The van der Waals surface area contributed by atoms with Crippen LogP contribution in [0.3, 0.4) is 0 Å². The van der Waals surface area contributed by atoms with Crippen LogP contribution in [0.2, 0.25) is 0 Å². The van der Waals surface area contributed by atoms with E-state index in [0.717, 1.165) is 15.5 Å². The maximum atomic E-state index is 10.3. The average Bonchev–Trinajstić information content (AvgIpc) is 2.37. The first-order chi connectivity index (χ1) is 8.07. The van der Waals surface area contributed by atoms with Gasteiger partial charge in [-0.05, 0) is 11.3 Å². The maximum Gasteiger partial charge on any atom is 0.0685 e. The Morgan fingerprint density at radius 3 is 2.41 bits per heavy atom. The Morgan fingerprint density at radius 2 is 1.88 bits per heavy atom. The van der Waals surface area contributed by atoms with Crippen LogP contribution in [0.15, 0.2) is 30.3 Å². The number of aliphatic hydroxyl groups excluding tert-OH is 1. The SMILES string of the molecule is CCSC(=S)[C@@H](C)[C@@H](O)[C@H](C)c1ccccc1. The normalized spacial score (nSPS) is 16.2. The molecule has 0 aliphatic carbocycles. The zero-order valence-corrected chi connectivity index (χ0v) is 12.2. The predicted octanol–water partition coefficient (Wildman–Crippen LogP) is 3.87. The molecule has 94 valence electrons. The third-order valence-electron chi connectivity index (χ3n) is 3.01. The largest absolute Gasteiger partial charge is 0.392 e. The molecule has 1 nitrogen and oxygen atoms in total. The summed E-state index contributed by atoms with van der Waals surface area (Å²) < 4.78 is 0.905. The minimum Gasteiger partial charge on any atom is -0.392 e. The summed E-state index contributed by atoms with van der Waals surface area (Å²) in [7, 11) is 0. The van der Waals surface area contributed by atoms with Crippen LogP contribution in [0.4, 0.5) is 0 Å². The molecule has 17 heavy (non-hydrogen) atoms. The molecular weight excluding hydrogens is 248 g/mol. The van der Waals surface area contributed by atoms with Crippen LogP contribution in [-0.2, 0) is 0 Å². The molecule has 0 unspecified atom stereocenters. The Kier molecular flexibility index (Phi) is 6.17. The monoisotopic (exact) mass is 268 g/mol. The lowest BCUT2D eigenvalue weighted by Gasteiger charge is -2.25. The van der Waals surface area contributed by atoms with Gasteiger partial charge in [0.2, 0.25) is 0 Å². The van der Waals surface area contributed by atoms with Gasteiger partial charge in [-0.1, -0.05) is 63.3 Å². The van der Waals surface area contributed by atoms with Crippen LogP contribution in [0.25, 0.3) is 0 Å². The van der Waals surface area contributed by atoms with Crippen LogP contribution in [0.5, 0.6) is 0 Å². The zero-order chi connectivity index (χ0) is 12.8. The van der Waals surface area contributed by atoms with Crippen molar-refractivity contribution in [3.63, 3.8) is 0 Å². The van der Waals surface area contributed by atoms with Crippen LogP contribution >= 0.6 is 24.0 Å². The van der Waals surface area contributed by atoms with Gasteiger partial charge in [-0.2, -0.15) is 0 Å². The summed E-state index contributed by atoms with van der Waals surface area (Å²) in [5.74, 6) is 1.13. The Hall–Kier alpha value is -0.380. The van der Waals surface area contributed by atoms with E-state index in [1.165, 1.54) is 0 Å². The van der Waals surface area contributed by atoms with Gasteiger partial charge in [0, 0.05) is 11.8 Å². The smallest absolute Gasteiger partial charge is 0.0685 e. The number of thioether (sulfide) groups is 1. The fourth-order valence-corrected chi connectivity index (χ4v) is 2.98. The fraction of sp³-hybridized carbons (Fsp3) is 0.500. The molecule has 1 N–H and O–H groups in total. The molecule has 0 aromatic heterocycles. The Balaban J connectivity index is 2.69. The molecule has 0 fully saturated rings. The van der Waals surface area contributed by atoms with Gasteiger partial charge in [-0.15, -0.1) is 11.8 Å². The van der Waals surface area contributed by atoms with Crippen molar-refractivity contribution in [2.45, 2.75) is 32.8 Å². The number of hydrogen-bond donors (Lipinski definition) is 1. The molecule has 1 rings (SSSR count). The quantitative estimate of drug-likeness (QED) is 0.819. The van der Waals surface area contributed by atoms with Crippen LogP contribution in [0, 0.1) is 5.92 Å². The fourth-order valence-electron chi connectivity index (χ4n) is 1.80. The molecule has 0 radical (unpaired) electrons. The standard InChI is InChI=1S/C14H20OS2/c1-4-17-14(16)11(3)13(15)10(2)12-8-6-5-7-9-12/h5-11,13,15H,4H2,1-3H3/t10-,11+,13+/m1/s1. The summed E-state index contributed by atoms with van der Waals surface area (Å²) in [4.78, 5) is 0. The van der Waals surface area contributed by atoms with Crippen molar-refractivity contribution in [3.05, 3.63) is 35.9 Å². The number of aliphatic hydroxyl groups is 1. The molecular formula is C14H20OS2. The number of benzene rings is 1. The van der Waals surface area contributed by atoms with E-state index in [2.05, 4.69) is 26.0 Å². The first-order valence-electron chi connectivity index (χ1n) is 5.97. The van der Waals surface area contributed by atoms with Crippen LogP contribution in [-0.4, -0.2) is 21.2 Å². The minimum absolute atomic E-state index is 0.0464. The van der Waals surface area contributed by atoms with Gasteiger partial charge in [0.1, 0.15) is 0 Å². The molecule has 0 saturated carbocycles. The van der Waals surface area contributed by atoms with Crippen molar-refractivity contribution in [2.75, 3.05) is 5.75 Å². The molecule has 0 bridgehead atoms. The number of thiocarbonyl (C=S) groups is 1. The molecule has 3 atom stereocenters. The second kappa shape index (κ2) is 7.14. The number of hydrogen-bond acceptors (Lipinski definition) is 3. The molecule has 0 amide bonds. The van der Waals surface area contributed by atoms with E-state index in [4.69, 9.17) is 12.2 Å². The first kappa shape index (κ1) is 14.7. The van der Waals surface area contributed by atoms with Crippen molar-refractivity contribution in [1.82, 2.24) is 0 Å². The highest BCUT2D eigenvalue weighted by atomic mass is 32.2. The lowest BCUT2D eigenvalue weighted by Crippen LogP contribution is -2.28. The van der Waals surface area contributed by atoms with Crippen LogP contribution in [0.1, 0.15) is 32.3 Å². The number of rotatable bonds is 5. The van der Waals surface area contributed by atoms with E-state index in [0.29, 0.717) is 0 Å². The van der Waals surface area contributed by atoms with E-state index in [1.54, 1.807) is 11.8 Å². The third kappa shape index (κ3) is 4.09. The maximum absolute atomic E-state index is 10.3. The lowest BCUT2D eigenvalue weighted by atomic mass is 9.89. The minimum atomic E-state index is -0.413.